The number of carbonyl (C=O) groups is 2. The van der Waals surface area contributed by atoms with Crippen molar-refractivity contribution in [2.24, 2.45) is 5.73 Å². The number of alkyl carbamates (subject to hydrolysis) is 2. The van der Waals surface area contributed by atoms with E-state index in [-0.39, 0.29) is 43.6 Å². The molecule has 1 fully saturated rings. The Hall–Kier alpha value is -5.10. The molecule has 6 N–H and O–H groups in total. The van der Waals surface area contributed by atoms with E-state index >= 15 is 0 Å². The fourth-order valence-electron chi connectivity index (χ4n) is 7.10. The van der Waals surface area contributed by atoms with Crippen LogP contribution in [0.3, 0.4) is 0 Å². The minimum absolute atomic E-state index is 0.0223. The number of halogens is 4. The number of amides is 2. The summed E-state index contributed by atoms with van der Waals surface area (Å²) in [6, 6.07) is 21.2. The lowest BCUT2D eigenvalue weighted by molar-refractivity contribution is 0.0400. The molecule has 3 heterocycles. The second kappa shape index (κ2) is 22.7. The van der Waals surface area contributed by atoms with Crippen molar-refractivity contribution >= 4 is 12.2 Å². The standard InChI is InChI=1S/C24H30F2N2O4.C15H19F2NO3.C9H11NO/c1-24(2,3)32-23(30)28-20(10-15-8-17(25)11-18(26)9-15)22(29)12-27-21-14-31-13-16-6-4-5-7-19(16)21;1-15(2,3)21-14(19)18-12(13-8-20-13)6-9-4-10(16)7-11(17)5-9;10-9-6-11-5-7-3-1-2-4-8(7)9/h4-9,11,20-22,27,29H,10,12-14H2,1-3H3,(H,28,30);4-5,7,12-13H,6,8H2,1-3H3,(H,18,19);1-4,9H,5-6,10H2. The highest BCUT2D eigenvalue weighted by Gasteiger charge is 2.35. The van der Waals surface area contributed by atoms with Crippen LogP contribution in [-0.2, 0) is 49.7 Å². The molecular weight excluding hydrogens is 837 g/mol. The smallest absolute Gasteiger partial charge is 0.407 e. The van der Waals surface area contributed by atoms with Crippen molar-refractivity contribution in [1.29, 1.82) is 0 Å². The maximum atomic E-state index is 13.7. The van der Waals surface area contributed by atoms with E-state index in [2.05, 4.69) is 28.1 Å². The van der Waals surface area contributed by atoms with Crippen LogP contribution in [-0.4, -0.2) is 79.2 Å². The molecule has 3 aliphatic heterocycles. The Labute approximate surface area is 372 Å². The number of hydrogen-bond acceptors (Lipinski definition) is 10. The van der Waals surface area contributed by atoms with E-state index in [4.69, 9.17) is 29.4 Å². The Balaban J connectivity index is 0.000000204. The SMILES string of the molecule is CC(C)(C)OC(=O)NC(Cc1cc(F)cc(F)c1)C(O)CNC1COCc2ccccc21.CC(C)(C)OC(=O)NC(Cc1cc(F)cc(F)c1)C1CO1.NC1COCc2ccccc21. The Morgan fingerprint density at radius 2 is 1.17 bits per heavy atom. The van der Waals surface area contributed by atoms with Crippen molar-refractivity contribution in [2.45, 2.75) is 115 Å². The molecule has 6 atom stereocenters. The van der Waals surface area contributed by atoms with Gasteiger partial charge in [0, 0.05) is 18.7 Å². The van der Waals surface area contributed by atoms with E-state index in [1.165, 1.54) is 35.4 Å². The summed E-state index contributed by atoms with van der Waals surface area (Å²) in [5, 5.41) is 19.5. The second-order valence-electron chi connectivity index (χ2n) is 17.9. The van der Waals surface area contributed by atoms with E-state index in [9.17, 15) is 32.3 Å². The summed E-state index contributed by atoms with van der Waals surface area (Å²) < 4.78 is 80.3. The van der Waals surface area contributed by atoms with Crippen molar-refractivity contribution < 1.29 is 55.9 Å². The van der Waals surface area contributed by atoms with Gasteiger partial charge in [-0.25, -0.2) is 27.2 Å². The first-order chi connectivity index (χ1) is 30.2. The number of ether oxygens (including phenoxy) is 5. The number of hydrogen-bond donors (Lipinski definition) is 5. The predicted octanol–water partition coefficient (Wildman–Crippen LogP) is 7.64. The molecule has 7 rings (SSSR count). The van der Waals surface area contributed by atoms with Gasteiger partial charge < -0.3 is 50.5 Å². The lowest BCUT2D eigenvalue weighted by Crippen LogP contribution is -2.50. The van der Waals surface area contributed by atoms with Crippen molar-refractivity contribution in [2.75, 3.05) is 26.4 Å². The summed E-state index contributed by atoms with van der Waals surface area (Å²) in [5.74, 6) is -2.73. The lowest BCUT2D eigenvalue weighted by atomic mass is 9.97. The molecule has 0 aromatic heterocycles. The van der Waals surface area contributed by atoms with E-state index in [0.29, 0.717) is 44.2 Å². The number of aliphatic hydroxyl groups is 1. The van der Waals surface area contributed by atoms with Gasteiger partial charge in [-0.15, -0.1) is 0 Å². The van der Waals surface area contributed by atoms with Crippen LogP contribution in [0, 0.1) is 23.3 Å². The summed E-state index contributed by atoms with van der Waals surface area (Å²) >= 11 is 0. The highest BCUT2D eigenvalue weighted by atomic mass is 19.1. The number of benzene rings is 4. The van der Waals surface area contributed by atoms with Crippen LogP contribution in [0.1, 0.15) is 87.0 Å². The first kappa shape index (κ1) is 49.9. The molecule has 3 aliphatic rings. The normalized spacial score (nSPS) is 19.1. The summed E-state index contributed by atoms with van der Waals surface area (Å²) in [7, 11) is 0. The van der Waals surface area contributed by atoms with Gasteiger partial charge in [-0.05, 0) is 112 Å². The monoisotopic (exact) mass is 896 g/mol. The highest BCUT2D eigenvalue weighted by Crippen LogP contribution is 2.25. The molecule has 12 nitrogen and oxygen atoms in total. The molecule has 16 heteroatoms. The summed E-state index contributed by atoms with van der Waals surface area (Å²) in [6.45, 7) is 13.4. The summed E-state index contributed by atoms with van der Waals surface area (Å²) in [5.41, 5.74) is 9.89. The van der Waals surface area contributed by atoms with Crippen LogP contribution in [0.25, 0.3) is 0 Å². The quantitative estimate of drug-likeness (QED) is 0.0747. The zero-order valence-electron chi connectivity index (χ0n) is 37.1. The maximum Gasteiger partial charge on any atom is 0.407 e. The lowest BCUT2D eigenvalue weighted by Gasteiger charge is -2.30. The molecule has 0 spiro atoms. The van der Waals surface area contributed by atoms with Crippen LogP contribution >= 0.6 is 0 Å². The highest BCUT2D eigenvalue weighted by molar-refractivity contribution is 5.68. The van der Waals surface area contributed by atoms with E-state index in [1.807, 2.05) is 36.4 Å². The zero-order valence-corrected chi connectivity index (χ0v) is 37.1. The molecule has 4 aromatic rings. The minimum atomic E-state index is -1.05. The van der Waals surface area contributed by atoms with Gasteiger partial charge in [-0.1, -0.05) is 48.5 Å². The maximum absolute atomic E-state index is 13.7. The number of carbonyl (C=O) groups excluding carboxylic acids is 2. The molecule has 2 amide bonds. The van der Waals surface area contributed by atoms with E-state index < -0.39 is 58.8 Å². The second-order valence-corrected chi connectivity index (χ2v) is 17.9. The number of epoxide rings is 1. The fourth-order valence-corrected chi connectivity index (χ4v) is 7.10. The molecule has 0 radical (unpaired) electrons. The molecular formula is C48H60F4N4O8. The van der Waals surface area contributed by atoms with Crippen molar-refractivity contribution in [3.05, 3.63) is 142 Å². The Bertz CT molecular complexity index is 2120. The number of nitrogens with one attached hydrogen (secondary N) is 3. The van der Waals surface area contributed by atoms with Gasteiger partial charge in [0.25, 0.3) is 0 Å². The van der Waals surface area contributed by atoms with Gasteiger partial charge in [0.05, 0.1) is 63.3 Å². The largest absolute Gasteiger partial charge is 0.444 e. The number of fused-ring (bicyclic) bond motifs is 2. The first-order valence-electron chi connectivity index (χ1n) is 21.2. The first-order valence-corrected chi connectivity index (χ1v) is 21.2. The number of rotatable bonds is 11. The number of nitrogens with two attached hydrogens (primary N) is 1. The van der Waals surface area contributed by atoms with Gasteiger partial charge in [0.15, 0.2) is 0 Å². The summed E-state index contributed by atoms with van der Waals surface area (Å²) in [4.78, 5) is 24.1. The predicted molar refractivity (Wildman–Crippen MR) is 232 cm³/mol. The number of aliphatic hydroxyl groups excluding tert-OH is 1. The van der Waals surface area contributed by atoms with Gasteiger partial charge >= 0.3 is 12.2 Å². The molecule has 0 saturated carbocycles. The minimum Gasteiger partial charge on any atom is -0.444 e. The Kier molecular flexibility index (Phi) is 17.7. The average molecular weight is 897 g/mol. The summed E-state index contributed by atoms with van der Waals surface area (Å²) in [6.07, 6.45) is -2.19. The average Bonchev–Trinajstić information content (AvgIpc) is 4.04. The third-order valence-corrected chi connectivity index (χ3v) is 9.99. The topological polar surface area (TPSA) is 166 Å². The Morgan fingerprint density at radius 1 is 0.703 bits per heavy atom. The van der Waals surface area contributed by atoms with Crippen LogP contribution in [0.15, 0.2) is 84.9 Å². The Morgan fingerprint density at radius 3 is 1.69 bits per heavy atom. The van der Waals surface area contributed by atoms with Crippen molar-refractivity contribution in [1.82, 2.24) is 16.0 Å². The van der Waals surface area contributed by atoms with Gasteiger partial charge in [-0.3, -0.25) is 0 Å². The van der Waals surface area contributed by atoms with Crippen LogP contribution in [0.2, 0.25) is 0 Å². The molecule has 0 aliphatic carbocycles. The molecule has 6 unspecified atom stereocenters. The van der Waals surface area contributed by atoms with Crippen molar-refractivity contribution in [3.63, 3.8) is 0 Å². The van der Waals surface area contributed by atoms with E-state index in [1.54, 1.807) is 41.5 Å². The fraction of sp³-hybridized carbons (Fsp3) is 0.458. The molecule has 4 aromatic carbocycles. The third-order valence-electron chi connectivity index (χ3n) is 9.99. The molecule has 0 bridgehead atoms. The van der Waals surface area contributed by atoms with Gasteiger partial charge in [-0.2, -0.15) is 0 Å². The van der Waals surface area contributed by atoms with E-state index in [0.717, 1.165) is 23.3 Å². The van der Waals surface area contributed by atoms with Gasteiger partial charge in [0.2, 0.25) is 0 Å². The zero-order chi connectivity index (χ0) is 46.6. The molecule has 1 saturated heterocycles. The van der Waals surface area contributed by atoms with Crippen LogP contribution in [0.5, 0.6) is 0 Å². The molecule has 348 valence electrons. The van der Waals surface area contributed by atoms with Crippen molar-refractivity contribution in [3.8, 4) is 0 Å². The van der Waals surface area contributed by atoms with Gasteiger partial charge in [0.1, 0.15) is 40.6 Å². The van der Waals surface area contributed by atoms with Crippen LogP contribution < -0.4 is 21.7 Å². The third kappa shape index (κ3) is 16.8. The van der Waals surface area contributed by atoms with Crippen LogP contribution in [0.4, 0.5) is 27.2 Å². The molecule has 64 heavy (non-hydrogen) atoms.